The van der Waals surface area contributed by atoms with Crippen LogP contribution in [0.5, 0.6) is 5.75 Å². The molecule has 0 radical (unpaired) electrons. The molecular formula is C22H30ClFN2O4S. The fourth-order valence-corrected chi connectivity index (χ4v) is 6.84. The van der Waals surface area contributed by atoms with Crippen LogP contribution in [0.25, 0.3) is 0 Å². The summed E-state index contributed by atoms with van der Waals surface area (Å²) < 4.78 is 30.9. The maximum atomic E-state index is 13.5. The molecule has 0 spiro atoms. The van der Waals surface area contributed by atoms with E-state index in [0.29, 0.717) is 36.2 Å². The van der Waals surface area contributed by atoms with Crippen LogP contribution >= 0.6 is 23.4 Å². The van der Waals surface area contributed by atoms with Crippen molar-refractivity contribution in [3.63, 3.8) is 0 Å². The average Bonchev–Trinajstić information content (AvgIpc) is 3.15. The predicted molar refractivity (Wildman–Crippen MR) is 118 cm³/mol. The SMILES string of the molecule is OC(COc1ccc(Cl)c(F)c1)NC1C[C@H](NCC2SCC3OCCOC32)C2CC1C2. The zero-order valence-electron chi connectivity index (χ0n) is 17.3. The van der Waals surface area contributed by atoms with E-state index in [1.165, 1.54) is 25.0 Å². The molecule has 3 aliphatic carbocycles. The average molecular weight is 473 g/mol. The van der Waals surface area contributed by atoms with Crippen LogP contribution < -0.4 is 15.4 Å². The quantitative estimate of drug-likeness (QED) is 0.502. The number of ether oxygens (including phenoxy) is 3. The number of fused-ring (bicyclic) bond motifs is 3. The molecule has 1 aromatic rings. The van der Waals surface area contributed by atoms with Gasteiger partial charge in [-0.1, -0.05) is 11.6 Å². The maximum absolute atomic E-state index is 13.5. The maximum Gasteiger partial charge on any atom is 0.145 e. The van der Waals surface area contributed by atoms with Crippen LogP contribution in [0, 0.1) is 17.7 Å². The second kappa shape index (κ2) is 9.71. The first kappa shape index (κ1) is 22.2. The molecule has 172 valence electrons. The van der Waals surface area contributed by atoms with Gasteiger partial charge in [-0.25, -0.2) is 4.39 Å². The van der Waals surface area contributed by atoms with Crippen molar-refractivity contribution in [2.24, 2.45) is 11.8 Å². The van der Waals surface area contributed by atoms with Gasteiger partial charge in [-0.3, -0.25) is 5.32 Å². The number of aliphatic hydroxyl groups excluding tert-OH is 1. The van der Waals surface area contributed by atoms with Gasteiger partial charge in [0.25, 0.3) is 0 Å². The number of aliphatic hydroxyl groups is 1. The number of thioether (sulfide) groups is 1. The molecule has 31 heavy (non-hydrogen) atoms. The molecule has 9 heteroatoms. The Balaban J connectivity index is 1.08. The van der Waals surface area contributed by atoms with E-state index < -0.39 is 12.0 Å². The number of nitrogens with one attached hydrogen (secondary N) is 2. The summed E-state index contributed by atoms with van der Waals surface area (Å²) in [5.74, 6) is 2.17. The van der Waals surface area contributed by atoms with Crippen LogP contribution in [0.4, 0.5) is 4.39 Å². The third kappa shape index (κ3) is 5.00. The first-order chi connectivity index (χ1) is 15.1. The Morgan fingerprint density at radius 2 is 2.00 bits per heavy atom. The van der Waals surface area contributed by atoms with E-state index in [0.717, 1.165) is 24.6 Å². The Morgan fingerprint density at radius 1 is 1.19 bits per heavy atom. The lowest BCUT2D eigenvalue weighted by atomic mass is 9.60. The van der Waals surface area contributed by atoms with Crippen molar-refractivity contribution in [2.75, 3.05) is 32.1 Å². The van der Waals surface area contributed by atoms with Gasteiger partial charge < -0.3 is 24.6 Å². The zero-order chi connectivity index (χ0) is 21.4. The van der Waals surface area contributed by atoms with E-state index in [4.69, 9.17) is 25.8 Å². The minimum Gasteiger partial charge on any atom is -0.489 e. The molecule has 3 saturated carbocycles. The van der Waals surface area contributed by atoms with E-state index >= 15 is 0 Å². The normalized spacial score (nSPS) is 37.7. The van der Waals surface area contributed by atoms with Crippen molar-refractivity contribution in [2.45, 2.75) is 55.0 Å². The van der Waals surface area contributed by atoms with Crippen LogP contribution in [0.1, 0.15) is 19.3 Å². The molecule has 1 aromatic carbocycles. The topological polar surface area (TPSA) is 72.0 Å². The monoisotopic (exact) mass is 472 g/mol. The number of halogens is 2. The minimum absolute atomic E-state index is 0.0559. The largest absolute Gasteiger partial charge is 0.489 e. The minimum atomic E-state index is -0.805. The van der Waals surface area contributed by atoms with Crippen LogP contribution in [-0.4, -0.2) is 73.0 Å². The summed E-state index contributed by atoms with van der Waals surface area (Å²) in [6, 6.07) is 4.99. The fourth-order valence-electron chi connectivity index (χ4n) is 5.35. The van der Waals surface area contributed by atoms with Gasteiger partial charge in [-0.15, -0.1) is 0 Å². The molecule has 0 amide bonds. The summed E-state index contributed by atoms with van der Waals surface area (Å²) in [5, 5.41) is 18.0. The lowest BCUT2D eigenvalue weighted by Gasteiger charge is -2.52. The lowest BCUT2D eigenvalue weighted by molar-refractivity contribution is -0.125. The summed E-state index contributed by atoms with van der Waals surface area (Å²) in [6.07, 6.45) is 3.01. The lowest BCUT2D eigenvalue weighted by Crippen LogP contribution is -2.60. The number of hydrogen-bond acceptors (Lipinski definition) is 7. The van der Waals surface area contributed by atoms with Gasteiger partial charge in [0.2, 0.25) is 0 Å². The van der Waals surface area contributed by atoms with E-state index in [1.54, 1.807) is 6.07 Å². The van der Waals surface area contributed by atoms with Crippen LogP contribution in [0.3, 0.4) is 0 Å². The van der Waals surface area contributed by atoms with Gasteiger partial charge in [-0.05, 0) is 43.2 Å². The Bertz CT molecular complexity index is 771. The summed E-state index contributed by atoms with van der Waals surface area (Å²) in [7, 11) is 0. The van der Waals surface area contributed by atoms with Crippen molar-refractivity contribution < 1.29 is 23.7 Å². The molecule has 5 fully saturated rings. The van der Waals surface area contributed by atoms with Crippen LogP contribution in [0.2, 0.25) is 5.02 Å². The zero-order valence-corrected chi connectivity index (χ0v) is 18.9. The van der Waals surface area contributed by atoms with Crippen molar-refractivity contribution in [1.82, 2.24) is 10.6 Å². The molecule has 2 bridgehead atoms. The summed E-state index contributed by atoms with van der Waals surface area (Å²) in [5.41, 5.74) is 0. The molecule has 6 nitrogen and oxygen atoms in total. The van der Waals surface area contributed by atoms with Crippen LogP contribution in [0.15, 0.2) is 18.2 Å². The standard InChI is InChI=1S/C22H30ClFN2O4S/c23-15-2-1-14(7-16(15)24)30-10-21(27)26-18-8-17(12-5-13(18)6-12)25-9-20-22-19(11-31-20)28-3-4-29-22/h1-2,7,12-13,17-22,25-27H,3-6,8-11H2/t12?,13?,17-,18?,19?,20?,21?,22?/m0/s1. The Hall–Kier alpha value is -0.610. The van der Waals surface area contributed by atoms with E-state index in [-0.39, 0.29) is 29.9 Å². The second-order valence-electron chi connectivity index (χ2n) is 9.03. The highest BCUT2D eigenvalue weighted by Crippen LogP contribution is 2.46. The highest BCUT2D eigenvalue weighted by atomic mass is 35.5. The smallest absolute Gasteiger partial charge is 0.145 e. The summed E-state index contributed by atoms with van der Waals surface area (Å²) >= 11 is 7.64. The van der Waals surface area contributed by atoms with Crippen LogP contribution in [-0.2, 0) is 9.47 Å². The predicted octanol–water partition coefficient (Wildman–Crippen LogP) is 2.42. The number of benzene rings is 1. The fraction of sp³-hybridized carbons (Fsp3) is 0.727. The number of rotatable bonds is 8. The molecule has 6 atom stereocenters. The van der Waals surface area contributed by atoms with Gasteiger partial charge >= 0.3 is 0 Å². The molecule has 5 unspecified atom stereocenters. The van der Waals surface area contributed by atoms with Crippen molar-refractivity contribution in [1.29, 1.82) is 0 Å². The summed E-state index contributed by atoms with van der Waals surface area (Å²) in [4.78, 5) is 0. The van der Waals surface area contributed by atoms with Gasteiger partial charge in [0.05, 0.1) is 30.4 Å². The third-order valence-corrected chi connectivity index (χ3v) is 8.77. The van der Waals surface area contributed by atoms with Crippen molar-refractivity contribution in [3.8, 4) is 5.75 Å². The highest BCUT2D eigenvalue weighted by molar-refractivity contribution is 8.00. The van der Waals surface area contributed by atoms with Gasteiger partial charge in [-0.2, -0.15) is 11.8 Å². The van der Waals surface area contributed by atoms with E-state index in [9.17, 15) is 9.50 Å². The molecule has 2 heterocycles. The number of hydrogen-bond donors (Lipinski definition) is 3. The Kier molecular flexibility index (Phi) is 6.95. The molecule has 2 saturated heterocycles. The third-order valence-electron chi connectivity index (χ3n) is 7.08. The molecule has 3 N–H and O–H groups in total. The molecular weight excluding hydrogens is 443 g/mol. The first-order valence-electron chi connectivity index (χ1n) is 11.2. The molecule has 5 aliphatic rings. The van der Waals surface area contributed by atoms with E-state index in [1.807, 2.05) is 11.8 Å². The van der Waals surface area contributed by atoms with Gasteiger partial charge in [0.1, 0.15) is 24.4 Å². The summed E-state index contributed by atoms with van der Waals surface area (Å²) in [6.45, 7) is 2.40. The van der Waals surface area contributed by atoms with Crippen molar-refractivity contribution >= 4 is 23.4 Å². The van der Waals surface area contributed by atoms with Gasteiger partial charge in [0, 0.05) is 35.7 Å². The van der Waals surface area contributed by atoms with E-state index in [2.05, 4.69) is 10.6 Å². The second-order valence-corrected chi connectivity index (χ2v) is 10.7. The van der Waals surface area contributed by atoms with Crippen molar-refractivity contribution in [3.05, 3.63) is 29.0 Å². The Morgan fingerprint density at radius 3 is 2.84 bits per heavy atom. The highest BCUT2D eigenvalue weighted by Gasteiger charge is 2.47. The molecule has 0 aromatic heterocycles. The molecule has 2 aliphatic heterocycles. The first-order valence-corrected chi connectivity index (χ1v) is 12.6. The Labute approximate surface area is 191 Å². The molecule has 6 rings (SSSR count). The van der Waals surface area contributed by atoms with Gasteiger partial charge in [0.15, 0.2) is 0 Å².